The fraction of sp³-hybridized carbons (Fsp3) is 0.600. The first-order valence-corrected chi connectivity index (χ1v) is 6.25. The smallest absolute Gasteiger partial charge is 0.330 e. The van der Waals surface area contributed by atoms with Crippen LogP contribution >= 0.6 is 0 Å². The molecule has 0 bridgehead atoms. The first-order chi connectivity index (χ1) is 10.5. The van der Waals surface area contributed by atoms with E-state index < -0.39 is 47.8 Å². The molecule has 22 heavy (non-hydrogen) atoms. The molecule has 0 radical (unpaired) electrons. The Morgan fingerprint density at radius 1 is 1.45 bits per heavy atom. The predicted molar refractivity (Wildman–Crippen MR) is 65.3 cm³/mol. The van der Waals surface area contributed by atoms with Crippen molar-refractivity contribution in [3.63, 3.8) is 0 Å². The van der Waals surface area contributed by atoms with Gasteiger partial charge in [-0.1, -0.05) is 0 Å². The highest BCUT2D eigenvalue weighted by Gasteiger charge is 2.55. The number of halogens is 1. The summed E-state index contributed by atoms with van der Waals surface area (Å²) in [6.07, 6.45) is -2.94. The van der Waals surface area contributed by atoms with E-state index in [-0.39, 0.29) is 6.42 Å². The van der Waals surface area contributed by atoms with Crippen LogP contribution in [0.15, 0.2) is 36.5 Å². The monoisotopic (exact) mass is 314 g/mol. The number of aliphatic hydroxyl groups is 2. The second kappa shape index (κ2) is 5.15. The van der Waals surface area contributed by atoms with Gasteiger partial charge in [-0.25, -0.2) is 4.79 Å². The minimum absolute atomic E-state index is 0.145. The third-order valence-corrected chi connectivity index (χ3v) is 3.63. The van der Waals surface area contributed by atoms with Gasteiger partial charge in [0.25, 0.3) is 5.56 Å². The lowest BCUT2D eigenvalue weighted by Gasteiger charge is -2.30. The summed E-state index contributed by atoms with van der Waals surface area (Å²) >= 11 is 0. The summed E-state index contributed by atoms with van der Waals surface area (Å²) in [7, 11) is 0. The third-order valence-electron chi connectivity index (χ3n) is 3.63. The van der Waals surface area contributed by atoms with Gasteiger partial charge >= 0.3 is 5.69 Å². The molecule has 2 aliphatic rings. The van der Waals surface area contributed by atoms with Crippen molar-refractivity contribution < 1.29 is 19.3 Å². The van der Waals surface area contributed by atoms with Gasteiger partial charge in [-0.3, -0.25) is 14.3 Å². The standard InChI is InChI=1S/C10H11FN6O5/c11-4-2-17(9(21)12-7(4)20)6-1-5(19)10(3-18,22-6)8-13-15-16-14-8/h2,5-6,8,18-19H,1,3H2,(H,12,20,21)/t5-,6+,10+/m1/s1. The van der Waals surface area contributed by atoms with Gasteiger partial charge in [-0.15, -0.1) is 10.2 Å². The van der Waals surface area contributed by atoms with E-state index in [0.29, 0.717) is 6.20 Å². The minimum Gasteiger partial charge on any atom is -0.393 e. The van der Waals surface area contributed by atoms with Gasteiger partial charge in [0, 0.05) is 6.42 Å². The van der Waals surface area contributed by atoms with Gasteiger partial charge in [0.15, 0.2) is 5.60 Å². The molecule has 12 heteroatoms. The van der Waals surface area contributed by atoms with Crippen LogP contribution in [0.4, 0.5) is 4.39 Å². The van der Waals surface area contributed by atoms with Crippen molar-refractivity contribution in [1.82, 2.24) is 9.55 Å². The molecule has 0 amide bonds. The average molecular weight is 314 g/mol. The molecule has 1 saturated heterocycles. The van der Waals surface area contributed by atoms with Crippen molar-refractivity contribution in [2.24, 2.45) is 20.7 Å². The molecule has 118 valence electrons. The Hall–Kier alpha value is -2.31. The highest BCUT2D eigenvalue weighted by Crippen LogP contribution is 2.40. The van der Waals surface area contributed by atoms with Gasteiger partial charge in [0.05, 0.1) is 18.9 Å². The zero-order valence-corrected chi connectivity index (χ0v) is 11.0. The van der Waals surface area contributed by atoms with Crippen LogP contribution in [0.5, 0.6) is 0 Å². The Bertz CT molecular complexity index is 747. The van der Waals surface area contributed by atoms with Crippen LogP contribution in [0, 0.1) is 5.82 Å². The lowest BCUT2D eigenvalue weighted by atomic mass is 9.94. The van der Waals surface area contributed by atoms with Crippen LogP contribution in [0.1, 0.15) is 12.6 Å². The molecule has 3 rings (SSSR count). The third kappa shape index (κ3) is 2.08. The van der Waals surface area contributed by atoms with Gasteiger partial charge in [0.2, 0.25) is 12.0 Å². The van der Waals surface area contributed by atoms with Gasteiger partial charge in [-0.05, 0) is 10.4 Å². The zero-order chi connectivity index (χ0) is 15.9. The first-order valence-electron chi connectivity index (χ1n) is 6.25. The fourth-order valence-electron chi connectivity index (χ4n) is 2.44. The Morgan fingerprint density at radius 2 is 2.14 bits per heavy atom. The maximum absolute atomic E-state index is 13.3. The Morgan fingerprint density at radius 3 is 2.77 bits per heavy atom. The van der Waals surface area contributed by atoms with Crippen molar-refractivity contribution in [3.8, 4) is 0 Å². The van der Waals surface area contributed by atoms with Crippen molar-refractivity contribution >= 4 is 0 Å². The summed E-state index contributed by atoms with van der Waals surface area (Å²) < 4.78 is 19.6. The van der Waals surface area contributed by atoms with E-state index in [9.17, 15) is 24.2 Å². The molecule has 1 fully saturated rings. The van der Waals surface area contributed by atoms with Gasteiger partial charge < -0.3 is 14.9 Å². The Balaban J connectivity index is 1.98. The average Bonchev–Trinajstić information content (AvgIpc) is 3.11. The number of aromatic amines is 1. The number of aliphatic hydroxyl groups excluding tert-OH is 2. The Labute approximate surface area is 120 Å². The number of aromatic nitrogens is 2. The van der Waals surface area contributed by atoms with Gasteiger partial charge in [-0.2, -0.15) is 4.39 Å². The van der Waals surface area contributed by atoms with Crippen LogP contribution in [-0.4, -0.2) is 44.2 Å². The van der Waals surface area contributed by atoms with Crippen LogP contribution in [-0.2, 0) is 4.74 Å². The molecule has 0 unspecified atom stereocenters. The number of nitrogens with zero attached hydrogens (tertiary/aromatic N) is 5. The summed E-state index contributed by atoms with van der Waals surface area (Å²) in [5, 5.41) is 33.6. The predicted octanol–water partition coefficient (Wildman–Crippen LogP) is -1.15. The molecule has 3 N–H and O–H groups in total. The maximum Gasteiger partial charge on any atom is 0.330 e. The highest BCUT2D eigenvalue weighted by molar-refractivity contribution is 5.03. The van der Waals surface area contributed by atoms with Crippen LogP contribution in [0.3, 0.4) is 0 Å². The Kier molecular flexibility index (Phi) is 3.42. The number of rotatable bonds is 3. The lowest BCUT2D eigenvalue weighted by Crippen LogP contribution is -2.51. The molecule has 1 aromatic rings. The lowest BCUT2D eigenvalue weighted by molar-refractivity contribution is -0.140. The number of nitrogens with one attached hydrogen (secondary N) is 1. The fourth-order valence-corrected chi connectivity index (χ4v) is 2.44. The molecule has 2 aliphatic heterocycles. The summed E-state index contributed by atoms with van der Waals surface area (Å²) in [6, 6.07) is 0. The molecule has 1 aromatic heterocycles. The van der Waals surface area contributed by atoms with Gasteiger partial charge in [0.1, 0.15) is 6.23 Å². The van der Waals surface area contributed by atoms with E-state index in [1.165, 1.54) is 0 Å². The van der Waals surface area contributed by atoms with Crippen molar-refractivity contribution in [2.45, 2.75) is 30.5 Å². The molecule has 11 nitrogen and oxygen atoms in total. The molecule has 3 atom stereocenters. The van der Waals surface area contributed by atoms with Crippen molar-refractivity contribution in [1.29, 1.82) is 0 Å². The van der Waals surface area contributed by atoms with Crippen LogP contribution in [0.2, 0.25) is 0 Å². The van der Waals surface area contributed by atoms with Crippen molar-refractivity contribution in [3.05, 3.63) is 32.9 Å². The quantitative estimate of drug-likeness (QED) is 0.642. The number of H-pyrrole nitrogens is 1. The summed E-state index contributed by atoms with van der Waals surface area (Å²) in [6.45, 7) is -0.673. The number of ether oxygens (including phenoxy) is 1. The van der Waals surface area contributed by atoms with Crippen molar-refractivity contribution in [2.75, 3.05) is 6.61 Å². The topological polar surface area (TPSA) is 154 Å². The van der Waals surface area contributed by atoms with E-state index in [2.05, 4.69) is 20.7 Å². The van der Waals surface area contributed by atoms with E-state index in [1.54, 1.807) is 4.98 Å². The maximum atomic E-state index is 13.3. The SMILES string of the molecule is O=c1[nH]c(=O)n([C@@H]2C[C@@H](O)[C@@](CO)(C3N=NN=N3)O2)cc1F. The molecule has 0 aromatic carbocycles. The molecule has 0 aliphatic carbocycles. The number of hydrogen-bond donors (Lipinski definition) is 3. The summed E-state index contributed by atoms with van der Waals surface area (Å²) in [5.74, 6) is -1.18. The van der Waals surface area contributed by atoms with Crippen LogP contribution < -0.4 is 11.2 Å². The molecular weight excluding hydrogens is 303 g/mol. The van der Waals surface area contributed by atoms with E-state index in [1.807, 2.05) is 0 Å². The summed E-state index contributed by atoms with van der Waals surface area (Å²) in [4.78, 5) is 24.6. The molecule has 3 heterocycles. The van der Waals surface area contributed by atoms with E-state index in [0.717, 1.165) is 4.57 Å². The first kappa shape index (κ1) is 14.6. The van der Waals surface area contributed by atoms with Crippen LogP contribution in [0.25, 0.3) is 0 Å². The second-order valence-electron chi connectivity index (χ2n) is 4.86. The summed E-state index contributed by atoms with van der Waals surface area (Å²) in [5.41, 5.74) is -3.72. The molecule has 0 spiro atoms. The number of hydrogen-bond acceptors (Lipinski definition) is 9. The zero-order valence-electron chi connectivity index (χ0n) is 11.0. The molecule has 0 saturated carbocycles. The normalized spacial score (nSPS) is 31.2. The second-order valence-corrected chi connectivity index (χ2v) is 4.86. The minimum atomic E-state index is -1.65. The molecular formula is C10H11FN6O5. The van der Waals surface area contributed by atoms with E-state index in [4.69, 9.17) is 4.74 Å². The largest absolute Gasteiger partial charge is 0.393 e. The van der Waals surface area contributed by atoms with E-state index >= 15 is 0 Å². The highest BCUT2D eigenvalue weighted by atomic mass is 19.1.